The number of ether oxygens (including phenoxy) is 1. The molecule has 4 nitrogen and oxygen atoms in total. The van der Waals surface area contributed by atoms with E-state index in [0.717, 1.165) is 51.3 Å². The van der Waals surface area contributed by atoms with Crippen LogP contribution >= 0.6 is 0 Å². The molecule has 26 heavy (non-hydrogen) atoms. The van der Waals surface area contributed by atoms with Gasteiger partial charge in [0.1, 0.15) is 0 Å². The number of carbonyl (C=O) groups is 1. The lowest BCUT2D eigenvalue weighted by atomic mass is 10.1. The van der Waals surface area contributed by atoms with Gasteiger partial charge in [-0.15, -0.1) is 0 Å². The van der Waals surface area contributed by atoms with Crippen molar-refractivity contribution in [3.8, 4) is 0 Å². The quantitative estimate of drug-likeness (QED) is 0.793. The first-order valence-electron chi connectivity index (χ1n) is 9.48. The van der Waals surface area contributed by atoms with Crippen LogP contribution in [-0.4, -0.2) is 37.1 Å². The number of aryl methyl sites for hydroxylation is 1. The number of morpholine rings is 1. The summed E-state index contributed by atoms with van der Waals surface area (Å²) in [5, 5.41) is 3.02. The van der Waals surface area contributed by atoms with Gasteiger partial charge in [0.25, 0.3) is 0 Å². The van der Waals surface area contributed by atoms with E-state index in [1.807, 2.05) is 18.2 Å². The van der Waals surface area contributed by atoms with Gasteiger partial charge in [0.05, 0.1) is 13.2 Å². The summed E-state index contributed by atoms with van der Waals surface area (Å²) in [5.74, 6) is 0.123. The second kappa shape index (κ2) is 10.1. The van der Waals surface area contributed by atoms with E-state index < -0.39 is 0 Å². The molecule has 1 fully saturated rings. The van der Waals surface area contributed by atoms with Crippen molar-refractivity contribution in [3.05, 3.63) is 71.3 Å². The Morgan fingerprint density at radius 1 is 0.923 bits per heavy atom. The van der Waals surface area contributed by atoms with Crippen molar-refractivity contribution in [1.82, 2.24) is 10.2 Å². The number of amides is 1. The first-order valence-corrected chi connectivity index (χ1v) is 9.48. The predicted octanol–water partition coefficient (Wildman–Crippen LogP) is 3.16. The minimum Gasteiger partial charge on any atom is -0.379 e. The molecule has 0 saturated carbocycles. The SMILES string of the molecule is O=C(CCCc1ccccc1)NCc1ccc(CN2CCOCC2)cc1. The Hall–Kier alpha value is -2.17. The van der Waals surface area contributed by atoms with E-state index in [1.165, 1.54) is 11.1 Å². The Balaban J connectivity index is 1.35. The zero-order chi connectivity index (χ0) is 18.0. The molecule has 1 N–H and O–H groups in total. The van der Waals surface area contributed by atoms with Crippen molar-refractivity contribution < 1.29 is 9.53 Å². The smallest absolute Gasteiger partial charge is 0.220 e. The number of hydrogen-bond acceptors (Lipinski definition) is 3. The number of rotatable bonds is 8. The summed E-state index contributed by atoms with van der Waals surface area (Å²) in [6, 6.07) is 18.9. The van der Waals surface area contributed by atoms with Crippen LogP contribution in [-0.2, 0) is 29.0 Å². The minimum absolute atomic E-state index is 0.123. The summed E-state index contributed by atoms with van der Waals surface area (Å²) in [6.45, 7) is 5.22. The second-order valence-electron chi connectivity index (χ2n) is 6.82. The second-order valence-corrected chi connectivity index (χ2v) is 6.82. The van der Waals surface area contributed by atoms with Gasteiger partial charge in [0.15, 0.2) is 0 Å². The fourth-order valence-electron chi connectivity index (χ4n) is 3.17. The standard InChI is InChI=1S/C22H28N2O2/c25-22(8-4-7-19-5-2-1-3-6-19)23-17-20-9-11-21(12-10-20)18-24-13-15-26-16-14-24/h1-3,5-6,9-12H,4,7-8,13-18H2,(H,23,25). The summed E-state index contributed by atoms with van der Waals surface area (Å²) in [7, 11) is 0. The Kier molecular flexibility index (Phi) is 7.23. The molecule has 0 unspecified atom stereocenters. The first-order chi connectivity index (χ1) is 12.8. The van der Waals surface area contributed by atoms with Crippen LogP contribution in [0.3, 0.4) is 0 Å². The monoisotopic (exact) mass is 352 g/mol. The molecule has 0 spiro atoms. The normalized spacial score (nSPS) is 14.9. The lowest BCUT2D eigenvalue weighted by Gasteiger charge is -2.26. The maximum absolute atomic E-state index is 12.0. The molecule has 1 saturated heterocycles. The van der Waals surface area contributed by atoms with Gasteiger partial charge in [-0.1, -0.05) is 54.6 Å². The van der Waals surface area contributed by atoms with Crippen LogP contribution < -0.4 is 5.32 Å². The molecule has 0 bridgehead atoms. The highest BCUT2D eigenvalue weighted by atomic mass is 16.5. The third-order valence-corrected chi connectivity index (χ3v) is 4.73. The fraction of sp³-hybridized carbons (Fsp3) is 0.409. The van der Waals surface area contributed by atoms with Gasteiger partial charge in [0.2, 0.25) is 5.91 Å². The van der Waals surface area contributed by atoms with Crippen LogP contribution in [0.1, 0.15) is 29.5 Å². The van der Waals surface area contributed by atoms with E-state index in [4.69, 9.17) is 4.74 Å². The molecule has 2 aromatic rings. The van der Waals surface area contributed by atoms with Gasteiger partial charge in [-0.25, -0.2) is 0 Å². The topological polar surface area (TPSA) is 41.6 Å². The van der Waals surface area contributed by atoms with E-state index >= 15 is 0 Å². The molecule has 3 rings (SSSR count). The van der Waals surface area contributed by atoms with Crippen LogP contribution in [0.25, 0.3) is 0 Å². The minimum atomic E-state index is 0.123. The van der Waals surface area contributed by atoms with Crippen LogP contribution in [0, 0.1) is 0 Å². The molecule has 0 radical (unpaired) electrons. The zero-order valence-electron chi connectivity index (χ0n) is 15.3. The molecule has 138 valence electrons. The van der Waals surface area contributed by atoms with Crippen LogP contribution in [0.4, 0.5) is 0 Å². The van der Waals surface area contributed by atoms with E-state index in [0.29, 0.717) is 13.0 Å². The molecule has 4 heteroatoms. The maximum Gasteiger partial charge on any atom is 0.220 e. The lowest BCUT2D eigenvalue weighted by Crippen LogP contribution is -2.35. The van der Waals surface area contributed by atoms with E-state index in [9.17, 15) is 4.79 Å². The maximum atomic E-state index is 12.0. The van der Waals surface area contributed by atoms with Crippen LogP contribution in [0.2, 0.25) is 0 Å². The summed E-state index contributed by atoms with van der Waals surface area (Å²) < 4.78 is 5.38. The number of nitrogens with one attached hydrogen (secondary N) is 1. The molecule has 0 aromatic heterocycles. The Morgan fingerprint density at radius 2 is 1.62 bits per heavy atom. The number of nitrogens with zero attached hydrogens (tertiary/aromatic N) is 1. The third-order valence-electron chi connectivity index (χ3n) is 4.73. The van der Waals surface area contributed by atoms with Gasteiger partial charge < -0.3 is 10.1 Å². The number of benzene rings is 2. The molecule has 0 atom stereocenters. The number of carbonyl (C=O) groups excluding carboxylic acids is 1. The van der Waals surface area contributed by atoms with Crippen molar-refractivity contribution in [1.29, 1.82) is 0 Å². The third kappa shape index (κ3) is 6.28. The molecule has 1 aliphatic heterocycles. The molecular formula is C22H28N2O2. The van der Waals surface area contributed by atoms with Crippen molar-refractivity contribution in [2.24, 2.45) is 0 Å². The number of hydrogen-bond donors (Lipinski definition) is 1. The molecule has 1 amide bonds. The Labute approximate surface area is 156 Å². The summed E-state index contributed by atoms with van der Waals surface area (Å²) in [4.78, 5) is 14.4. The largest absolute Gasteiger partial charge is 0.379 e. The highest BCUT2D eigenvalue weighted by Crippen LogP contribution is 2.10. The molecular weight excluding hydrogens is 324 g/mol. The highest BCUT2D eigenvalue weighted by Gasteiger charge is 2.10. The van der Waals surface area contributed by atoms with Crippen molar-refractivity contribution in [2.75, 3.05) is 26.3 Å². The fourth-order valence-corrected chi connectivity index (χ4v) is 3.17. The highest BCUT2D eigenvalue weighted by molar-refractivity contribution is 5.75. The van der Waals surface area contributed by atoms with Crippen molar-refractivity contribution in [2.45, 2.75) is 32.4 Å². The van der Waals surface area contributed by atoms with Crippen LogP contribution in [0.5, 0.6) is 0 Å². The Morgan fingerprint density at radius 3 is 2.35 bits per heavy atom. The van der Waals surface area contributed by atoms with Gasteiger partial charge in [0, 0.05) is 32.6 Å². The van der Waals surface area contributed by atoms with Gasteiger partial charge in [-0.05, 0) is 29.5 Å². The van der Waals surface area contributed by atoms with Gasteiger partial charge in [-0.3, -0.25) is 9.69 Å². The summed E-state index contributed by atoms with van der Waals surface area (Å²) in [6.07, 6.45) is 2.41. The van der Waals surface area contributed by atoms with E-state index in [2.05, 4.69) is 46.6 Å². The summed E-state index contributed by atoms with van der Waals surface area (Å²) >= 11 is 0. The zero-order valence-corrected chi connectivity index (χ0v) is 15.3. The van der Waals surface area contributed by atoms with E-state index in [1.54, 1.807) is 0 Å². The van der Waals surface area contributed by atoms with E-state index in [-0.39, 0.29) is 5.91 Å². The average molecular weight is 352 g/mol. The predicted molar refractivity (Wildman–Crippen MR) is 104 cm³/mol. The lowest BCUT2D eigenvalue weighted by molar-refractivity contribution is -0.121. The van der Waals surface area contributed by atoms with Crippen molar-refractivity contribution >= 4 is 5.91 Å². The molecule has 0 aliphatic carbocycles. The van der Waals surface area contributed by atoms with Gasteiger partial charge in [-0.2, -0.15) is 0 Å². The molecule has 1 aliphatic rings. The van der Waals surface area contributed by atoms with Crippen molar-refractivity contribution in [3.63, 3.8) is 0 Å². The molecule has 2 aromatic carbocycles. The average Bonchev–Trinajstić information content (AvgIpc) is 2.69. The Bertz CT molecular complexity index is 664. The molecule has 1 heterocycles. The summed E-state index contributed by atoms with van der Waals surface area (Å²) in [5.41, 5.74) is 3.74. The van der Waals surface area contributed by atoms with Gasteiger partial charge >= 0.3 is 0 Å². The van der Waals surface area contributed by atoms with Crippen LogP contribution in [0.15, 0.2) is 54.6 Å². The first kappa shape index (κ1) is 18.6.